The average molecular weight is 473 g/mol. The lowest BCUT2D eigenvalue weighted by atomic mass is 9.92. The van der Waals surface area contributed by atoms with Crippen molar-refractivity contribution in [2.75, 3.05) is 14.2 Å². The molecule has 7 heteroatoms. The number of ether oxygens (including phenoxy) is 2. The normalized spacial score (nSPS) is 17.2. The maximum Gasteiger partial charge on any atom is 0.296 e. The minimum Gasteiger partial charge on any atom is -0.506 e. The van der Waals surface area contributed by atoms with Gasteiger partial charge in [-0.1, -0.05) is 50.2 Å². The summed E-state index contributed by atoms with van der Waals surface area (Å²) in [6.07, 6.45) is 1.64. The number of hydrogen-bond donors (Lipinski definition) is 1. The van der Waals surface area contributed by atoms with Crippen LogP contribution in [-0.2, 0) is 16.1 Å². The van der Waals surface area contributed by atoms with Gasteiger partial charge in [-0.2, -0.15) is 0 Å². The summed E-state index contributed by atoms with van der Waals surface area (Å²) >= 11 is 0. The van der Waals surface area contributed by atoms with Gasteiger partial charge in [-0.05, 0) is 41.3 Å². The summed E-state index contributed by atoms with van der Waals surface area (Å²) in [6, 6.07) is 17.4. The molecule has 35 heavy (non-hydrogen) atoms. The number of pyridine rings is 1. The second kappa shape index (κ2) is 10.0. The minimum atomic E-state index is -0.812. The average Bonchev–Trinajstić information content (AvgIpc) is 3.13. The van der Waals surface area contributed by atoms with E-state index in [0.717, 1.165) is 5.56 Å². The zero-order chi connectivity index (χ0) is 25.1. The number of nitrogens with zero attached hydrogens (tertiary/aromatic N) is 2. The quantitative estimate of drug-likeness (QED) is 0.301. The van der Waals surface area contributed by atoms with Crippen LogP contribution in [0.5, 0.6) is 11.5 Å². The third-order valence-electron chi connectivity index (χ3n) is 6.18. The van der Waals surface area contributed by atoms with E-state index in [0.29, 0.717) is 28.7 Å². The second-order valence-corrected chi connectivity index (χ2v) is 8.61. The van der Waals surface area contributed by atoms with Gasteiger partial charge in [0.05, 0.1) is 38.1 Å². The van der Waals surface area contributed by atoms with Gasteiger partial charge in [0, 0.05) is 6.20 Å². The van der Waals surface area contributed by atoms with Crippen LogP contribution in [0.15, 0.2) is 72.4 Å². The molecule has 7 nitrogen and oxygen atoms in total. The molecule has 1 aliphatic heterocycles. The van der Waals surface area contributed by atoms with Crippen molar-refractivity contribution in [1.29, 1.82) is 0 Å². The van der Waals surface area contributed by atoms with E-state index >= 15 is 0 Å². The molecule has 0 bridgehead atoms. The predicted molar refractivity (Wildman–Crippen MR) is 132 cm³/mol. The van der Waals surface area contributed by atoms with Crippen molar-refractivity contribution in [2.24, 2.45) is 0 Å². The molecule has 0 saturated carbocycles. The van der Waals surface area contributed by atoms with Crippen molar-refractivity contribution < 1.29 is 24.2 Å². The topological polar surface area (TPSA) is 89.0 Å². The third-order valence-corrected chi connectivity index (χ3v) is 6.18. The zero-order valence-corrected chi connectivity index (χ0v) is 20.2. The Bertz CT molecular complexity index is 1240. The van der Waals surface area contributed by atoms with Gasteiger partial charge in [-0.3, -0.25) is 14.6 Å². The van der Waals surface area contributed by atoms with Gasteiger partial charge in [0.1, 0.15) is 22.8 Å². The number of aliphatic hydroxyl groups excluding tert-OH is 1. The molecule has 1 unspecified atom stereocenters. The molecule has 1 aromatic heterocycles. The number of aromatic nitrogens is 1. The van der Waals surface area contributed by atoms with Crippen molar-refractivity contribution in [3.63, 3.8) is 0 Å². The van der Waals surface area contributed by atoms with Crippen LogP contribution in [0.25, 0.3) is 5.76 Å². The predicted octanol–water partition coefficient (Wildman–Crippen LogP) is 4.84. The molecule has 1 atom stereocenters. The Morgan fingerprint density at radius 1 is 0.971 bits per heavy atom. The number of benzene rings is 2. The van der Waals surface area contributed by atoms with Crippen LogP contribution >= 0.6 is 0 Å². The molecule has 1 amide bonds. The number of likely N-dealkylation sites (tertiary alicyclic amines) is 1. The lowest BCUT2D eigenvalue weighted by molar-refractivity contribution is -0.140. The van der Waals surface area contributed by atoms with Gasteiger partial charge in [0.15, 0.2) is 0 Å². The molecular formula is C28H28N2O5. The summed E-state index contributed by atoms with van der Waals surface area (Å²) in [4.78, 5) is 32.4. The first-order valence-corrected chi connectivity index (χ1v) is 11.4. The minimum absolute atomic E-state index is 0.0222. The van der Waals surface area contributed by atoms with Gasteiger partial charge in [0.2, 0.25) is 0 Å². The van der Waals surface area contributed by atoms with Crippen molar-refractivity contribution in [2.45, 2.75) is 32.4 Å². The number of methoxy groups -OCH3 is 2. The number of Topliss-reactive ketones (excluding diaryl/α,β-unsaturated/α-hetero) is 1. The third kappa shape index (κ3) is 4.49. The zero-order valence-electron chi connectivity index (χ0n) is 20.2. The fourth-order valence-electron chi connectivity index (χ4n) is 4.34. The fraction of sp³-hybridized carbons (Fsp3) is 0.250. The van der Waals surface area contributed by atoms with Crippen molar-refractivity contribution in [3.8, 4) is 11.5 Å². The molecule has 1 N–H and O–H groups in total. The Morgan fingerprint density at radius 2 is 1.63 bits per heavy atom. The van der Waals surface area contributed by atoms with Crippen molar-refractivity contribution >= 4 is 17.4 Å². The maximum atomic E-state index is 13.4. The van der Waals surface area contributed by atoms with Crippen LogP contribution in [0.1, 0.15) is 48.2 Å². The molecule has 1 fully saturated rings. The number of ketones is 1. The Labute approximate surface area is 204 Å². The van der Waals surface area contributed by atoms with Crippen LogP contribution in [0.3, 0.4) is 0 Å². The van der Waals surface area contributed by atoms with Crippen LogP contribution in [0.4, 0.5) is 0 Å². The summed E-state index contributed by atoms with van der Waals surface area (Å²) in [7, 11) is 2.93. The van der Waals surface area contributed by atoms with Gasteiger partial charge in [-0.15, -0.1) is 0 Å². The summed E-state index contributed by atoms with van der Waals surface area (Å²) in [5, 5.41) is 11.5. The van der Waals surface area contributed by atoms with Gasteiger partial charge < -0.3 is 19.5 Å². The van der Waals surface area contributed by atoms with Crippen LogP contribution in [-0.4, -0.2) is 40.9 Å². The summed E-state index contributed by atoms with van der Waals surface area (Å²) < 4.78 is 10.9. The highest BCUT2D eigenvalue weighted by atomic mass is 16.5. The van der Waals surface area contributed by atoms with E-state index in [9.17, 15) is 14.7 Å². The molecule has 3 aromatic rings. The van der Waals surface area contributed by atoms with Crippen LogP contribution < -0.4 is 9.47 Å². The molecule has 2 heterocycles. The standard InChI is InChI=1S/C28H28N2O5/c1-17(2)18-11-13-19(14-12-18)25-24(26(31)23-21(34-3)9-7-10-22(23)35-4)27(32)28(33)30(25)16-20-8-5-6-15-29-20/h5-15,17,25,31H,16H2,1-4H3/b26-24+. The number of rotatable bonds is 7. The number of carbonyl (C=O) groups is 2. The Kier molecular flexibility index (Phi) is 6.87. The largest absolute Gasteiger partial charge is 0.506 e. The van der Waals surface area contributed by atoms with Crippen LogP contribution in [0.2, 0.25) is 0 Å². The first kappa shape index (κ1) is 24.0. The molecule has 0 spiro atoms. The first-order chi connectivity index (χ1) is 16.9. The van der Waals surface area contributed by atoms with E-state index < -0.39 is 17.7 Å². The molecule has 180 valence electrons. The van der Waals surface area contributed by atoms with Crippen molar-refractivity contribution in [3.05, 3.63) is 94.8 Å². The van der Waals surface area contributed by atoms with Gasteiger partial charge >= 0.3 is 0 Å². The summed E-state index contributed by atoms with van der Waals surface area (Å²) in [5.74, 6) is -0.854. The van der Waals surface area contributed by atoms with Crippen LogP contribution in [0, 0.1) is 0 Å². The monoisotopic (exact) mass is 472 g/mol. The Morgan fingerprint density at radius 3 is 2.17 bits per heavy atom. The lowest BCUT2D eigenvalue weighted by Crippen LogP contribution is -2.29. The van der Waals surface area contributed by atoms with E-state index in [4.69, 9.17) is 9.47 Å². The number of carbonyl (C=O) groups excluding carboxylic acids is 2. The molecule has 4 rings (SSSR count). The molecular weight excluding hydrogens is 444 g/mol. The second-order valence-electron chi connectivity index (χ2n) is 8.61. The highest BCUT2D eigenvalue weighted by Gasteiger charge is 2.46. The molecule has 0 radical (unpaired) electrons. The highest BCUT2D eigenvalue weighted by molar-refractivity contribution is 6.46. The van der Waals surface area contributed by atoms with Crippen molar-refractivity contribution in [1.82, 2.24) is 9.88 Å². The lowest BCUT2D eigenvalue weighted by Gasteiger charge is -2.25. The number of amides is 1. The number of hydrogen-bond acceptors (Lipinski definition) is 6. The van der Waals surface area contributed by atoms with Gasteiger partial charge in [-0.25, -0.2) is 0 Å². The maximum absolute atomic E-state index is 13.4. The Hall–Kier alpha value is -4.13. The smallest absolute Gasteiger partial charge is 0.296 e. The van der Waals surface area contributed by atoms with E-state index in [1.807, 2.05) is 30.3 Å². The molecule has 1 aliphatic rings. The highest BCUT2D eigenvalue weighted by Crippen LogP contribution is 2.44. The molecule has 0 aliphatic carbocycles. The SMILES string of the molecule is COc1cccc(OC)c1/C(O)=C1\C(=O)C(=O)N(Cc2ccccn2)C1c1ccc(C(C)C)cc1. The van der Waals surface area contributed by atoms with E-state index in [1.54, 1.807) is 36.5 Å². The van der Waals surface area contributed by atoms with E-state index in [1.165, 1.54) is 19.1 Å². The van der Waals surface area contributed by atoms with Gasteiger partial charge in [0.25, 0.3) is 11.7 Å². The summed E-state index contributed by atoms with van der Waals surface area (Å²) in [5.41, 5.74) is 2.66. The molecule has 2 aromatic carbocycles. The molecule has 1 saturated heterocycles. The first-order valence-electron chi connectivity index (χ1n) is 11.4. The Balaban J connectivity index is 1.92. The number of aliphatic hydroxyl groups is 1. The van der Waals surface area contributed by atoms with E-state index in [2.05, 4.69) is 18.8 Å². The van der Waals surface area contributed by atoms with E-state index in [-0.39, 0.29) is 23.4 Å². The summed E-state index contributed by atoms with van der Waals surface area (Å²) in [6.45, 7) is 4.30. The fourth-order valence-corrected chi connectivity index (χ4v) is 4.34.